The molecule has 1 atom stereocenters. The Bertz CT molecular complexity index is 345. The summed E-state index contributed by atoms with van der Waals surface area (Å²) < 4.78 is 46.8. The molecule has 0 heterocycles. The van der Waals surface area contributed by atoms with E-state index >= 15 is 0 Å². The number of hydrogen-bond donors (Lipinski definition) is 2. The van der Waals surface area contributed by atoms with Crippen LogP contribution in [0.3, 0.4) is 0 Å². The summed E-state index contributed by atoms with van der Waals surface area (Å²) in [4.78, 5) is 9.41. The zero-order valence-electron chi connectivity index (χ0n) is 11.1. The number of phosphoric ester groups is 2. The third kappa shape index (κ3) is 11.9. The van der Waals surface area contributed by atoms with Gasteiger partial charge in [0.1, 0.15) is 0 Å². The minimum absolute atomic E-state index is 0.0246. The molecule has 21 heavy (non-hydrogen) atoms. The van der Waals surface area contributed by atoms with Gasteiger partial charge in [-0.3, -0.25) is 13.6 Å². The highest BCUT2D eigenvalue weighted by Crippen LogP contribution is 2.63. The Morgan fingerprint density at radius 3 is 1.90 bits per heavy atom. The van der Waals surface area contributed by atoms with Gasteiger partial charge in [-0.15, -0.1) is 23.2 Å². The Kier molecular flexibility index (Phi) is 12.7. The number of phosphoric acid groups is 2. The van der Waals surface area contributed by atoms with E-state index in [1.165, 1.54) is 0 Å². The van der Waals surface area contributed by atoms with Crippen LogP contribution in [0.25, 0.3) is 0 Å². The summed E-state index contributed by atoms with van der Waals surface area (Å²) in [5.41, 5.74) is 0. The smallest absolute Gasteiger partial charge is 0.394 e. The van der Waals surface area contributed by atoms with Gasteiger partial charge in [0, 0.05) is 11.8 Å². The molecule has 0 radical (unpaired) electrons. The van der Waals surface area contributed by atoms with Gasteiger partial charge in [-0.2, -0.15) is 4.31 Å². The lowest BCUT2D eigenvalue weighted by Crippen LogP contribution is -2.08. The van der Waals surface area contributed by atoms with Crippen LogP contribution in [0.2, 0.25) is 0 Å². The van der Waals surface area contributed by atoms with Crippen LogP contribution in [0.4, 0.5) is 0 Å². The van der Waals surface area contributed by atoms with E-state index in [4.69, 9.17) is 42.1 Å². The third-order valence-electron chi connectivity index (χ3n) is 1.57. The van der Waals surface area contributed by atoms with Crippen molar-refractivity contribution in [3.63, 3.8) is 0 Å². The molecule has 0 aromatic rings. The average molecular weight is 391 g/mol. The highest BCUT2D eigenvalue weighted by atomic mass is 35.5. The molecule has 2 N–H and O–H groups in total. The number of aliphatic hydroxyl groups excluding tert-OH is 1. The van der Waals surface area contributed by atoms with E-state index in [1.54, 1.807) is 0 Å². The van der Waals surface area contributed by atoms with Crippen molar-refractivity contribution < 1.29 is 41.7 Å². The molecule has 13 heteroatoms. The van der Waals surface area contributed by atoms with Crippen molar-refractivity contribution in [1.82, 2.24) is 0 Å². The lowest BCUT2D eigenvalue weighted by molar-refractivity contribution is 0.0597. The number of hydrogen-bond acceptors (Lipinski definition) is 8. The van der Waals surface area contributed by atoms with Crippen LogP contribution in [-0.4, -0.2) is 61.4 Å². The minimum Gasteiger partial charge on any atom is -0.394 e. The molecular formula is C8H18Cl2O9P2. The second-order valence-electron chi connectivity index (χ2n) is 3.21. The van der Waals surface area contributed by atoms with E-state index in [-0.39, 0.29) is 51.4 Å². The van der Waals surface area contributed by atoms with E-state index in [0.29, 0.717) is 0 Å². The Hall–Kier alpha value is 0.760. The minimum atomic E-state index is -4.68. The maximum absolute atomic E-state index is 12.0. The molecule has 0 rings (SSSR count). The number of alkyl halides is 2. The van der Waals surface area contributed by atoms with Gasteiger partial charge in [0.15, 0.2) is 0 Å². The quantitative estimate of drug-likeness (QED) is 0.259. The molecule has 0 bridgehead atoms. The maximum Gasteiger partial charge on any atom is 0.483 e. The highest BCUT2D eigenvalue weighted by molar-refractivity contribution is 7.61. The molecule has 9 nitrogen and oxygen atoms in total. The molecule has 0 aromatic heterocycles. The number of aliphatic hydroxyl groups is 1. The predicted octanol–water partition coefficient (Wildman–Crippen LogP) is 1.75. The van der Waals surface area contributed by atoms with E-state index in [0.717, 1.165) is 0 Å². The summed E-state index contributed by atoms with van der Waals surface area (Å²) in [6, 6.07) is 0. The van der Waals surface area contributed by atoms with Gasteiger partial charge in [0.05, 0.1) is 39.6 Å². The fourth-order valence-corrected chi connectivity index (χ4v) is 3.86. The first-order chi connectivity index (χ1) is 9.89. The molecule has 0 spiro atoms. The maximum atomic E-state index is 12.0. The van der Waals surface area contributed by atoms with Gasteiger partial charge >= 0.3 is 15.6 Å². The Morgan fingerprint density at radius 2 is 1.43 bits per heavy atom. The average Bonchev–Trinajstić information content (AvgIpc) is 2.42. The fourth-order valence-electron chi connectivity index (χ4n) is 0.905. The molecule has 0 fully saturated rings. The van der Waals surface area contributed by atoms with Gasteiger partial charge in [-0.1, -0.05) is 0 Å². The number of ether oxygens (including phenoxy) is 1. The Balaban J connectivity index is 4.37. The summed E-state index contributed by atoms with van der Waals surface area (Å²) in [6.45, 7) is -0.971. The van der Waals surface area contributed by atoms with Crippen molar-refractivity contribution in [2.45, 2.75) is 0 Å². The molecule has 0 aliphatic carbocycles. The van der Waals surface area contributed by atoms with Crippen LogP contribution in [0.15, 0.2) is 0 Å². The number of halogens is 2. The van der Waals surface area contributed by atoms with Crippen LogP contribution in [0, 0.1) is 0 Å². The third-order valence-corrected chi connectivity index (χ3v) is 5.01. The zero-order valence-corrected chi connectivity index (χ0v) is 14.4. The highest BCUT2D eigenvalue weighted by Gasteiger charge is 2.38. The first-order valence-electron chi connectivity index (χ1n) is 5.77. The van der Waals surface area contributed by atoms with Crippen LogP contribution in [0.5, 0.6) is 0 Å². The SMILES string of the molecule is O=P(O)(OCCOCCO)OP(=O)(OCCCl)OCCCl. The van der Waals surface area contributed by atoms with Crippen molar-refractivity contribution in [3.8, 4) is 0 Å². The Labute approximate surface area is 132 Å². The predicted molar refractivity (Wildman–Crippen MR) is 75.7 cm³/mol. The van der Waals surface area contributed by atoms with Crippen LogP contribution >= 0.6 is 38.8 Å². The summed E-state index contributed by atoms with van der Waals surface area (Å²) in [5.74, 6) is -0.0493. The molecular weight excluding hydrogens is 373 g/mol. The van der Waals surface area contributed by atoms with Crippen LogP contribution in [-0.2, 0) is 31.7 Å². The van der Waals surface area contributed by atoms with Gasteiger partial charge in [0.2, 0.25) is 0 Å². The van der Waals surface area contributed by atoms with Crippen molar-refractivity contribution >= 4 is 38.8 Å². The van der Waals surface area contributed by atoms with Crippen LogP contribution in [0.1, 0.15) is 0 Å². The van der Waals surface area contributed by atoms with E-state index < -0.39 is 15.6 Å². The van der Waals surface area contributed by atoms with Crippen molar-refractivity contribution in [2.24, 2.45) is 0 Å². The van der Waals surface area contributed by atoms with Gasteiger partial charge in [0.25, 0.3) is 0 Å². The molecule has 0 aromatic carbocycles. The molecule has 0 saturated carbocycles. The first kappa shape index (κ1) is 21.8. The molecule has 128 valence electrons. The lowest BCUT2D eigenvalue weighted by Gasteiger charge is -2.19. The summed E-state index contributed by atoms with van der Waals surface area (Å²) >= 11 is 10.7. The first-order valence-corrected chi connectivity index (χ1v) is 9.80. The van der Waals surface area contributed by atoms with Gasteiger partial charge in [-0.05, 0) is 0 Å². The lowest BCUT2D eigenvalue weighted by atomic mass is 10.7. The monoisotopic (exact) mass is 390 g/mol. The van der Waals surface area contributed by atoms with E-state index in [1.807, 2.05) is 0 Å². The molecule has 0 aliphatic rings. The van der Waals surface area contributed by atoms with E-state index in [2.05, 4.69) is 8.83 Å². The zero-order chi connectivity index (χ0) is 16.2. The van der Waals surface area contributed by atoms with Gasteiger partial charge < -0.3 is 14.7 Å². The summed E-state index contributed by atoms with van der Waals surface area (Å²) in [7, 11) is -9.01. The summed E-state index contributed by atoms with van der Waals surface area (Å²) in [6.07, 6.45) is 0. The normalized spacial score (nSPS) is 15.0. The largest absolute Gasteiger partial charge is 0.483 e. The molecule has 0 aliphatic heterocycles. The second-order valence-corrected chi connectivity index (χ2v) is 7.23. The van der Waals surface area contributed by atoms with Crippen molar-refractivity contribution in [2.75, 3.05) is 51.4 Å². The second kappa shape index (κ2) is 12.2. The Morgan fingerprint density at radius 1 is 0.857 bits per heavy atom. The van der Waals surface area contributed by atoms with Crippen LogP contribution < -0.4 is 0 Å². The molecule has 0 amide bonds. The fraction of sp³-hybridized carbons (Fsp3) is 1.00. The molecule has 1 unspecified atom stereocenters. The topological polar surface area (TPSA) is 121 Å². The number of rotatable bonds is 14. The van der Waals surface area contributed by atoms with E-state index in [9.17, 15) is 14.0 Å². The van der Waals surface area contributed by atoms with Crippen molar-refractivity contribution in [3.05, 3.63) is 0 Å². The van der Waals surface area contributed by atoms with Gasteiger partial charge in [-0.25, -0.2) is 9.13 Å². The van der Waals surface area contributed by atoms with Crippen molar-refractivity contribution in [1.29, 1.82) is 0 Å². The standard InChI is InChI=1S/C8H18Cl2O9P2/c9-1-4-17-21(14,18-5-2-10)19-20(12,13)16-8-7-15-6-3-11/h11H,1-8H2,(H,12,13). The summed E-state index contributed by atoms with van der Waals surface area (Å²) in [5, 5.41) is 8.46. The molecule has 0 saturated heterocycles.